The van der Waals surface area contributed by atoms with Gasteiger partial charge in [-0.05, 0) is 37.4 Å². The summed E-state index contributed by atoms with van der Waals surface area (Å²) in [5.41, 5.74) is 2.20. The van der Waals surface area contributed by atoms with E-state index in [9.17, 15) is 4.79 Å². The van der Waals surface area contributed by atoms with Crippen LogP contribution in [0.4, 0.5) is 10.5 Å². The number of anilines is 1. The highest BCUT2D eigenvalue weighted by atomic mass is 35.5. The van der Waals surface area contributed by atoms with Crippen molar-refractivity contribution in [2.75, 3.05) is 24.6 Å². The van der Waals surface area contributed by atoms with Crippen molar-refractivity contribution in [3.8, 4) is 0 Å². The smallest absolute Gasteiger partial charge is 0.414 e. The lowest BCUT2D eigenvalue weighted by Gasteiger charge is -2.24. The molecular formula is C18H27ClN2O2. The van der Waals surface area contributed by atoms with Gasteiger partial charge in [-0.25, -0.2) is 4.79 Å². The van der Waals surface area contributed by atoms with Crippen LogP contribution < -0.4 is 10.2 Å². The molecule has 0 bridgehead atoms. The molecule has 3 rings (SSSR count). The van der Waals surface area contributed by atoms with E-state index < -0.39 is 0 Å². The molecule has 1 unspecified atom stereocenters. The van der Waals surface area contributed by atoms with Crippen LogP contribution in [0.25, 0.3) is 0 Å². The van der Waals surface area contributed by atoms with E-state index in [0.29, 0.717) is 19.2 Å². The molecule has 128 valence electrons. The third-order valence-corrected chi connectivity index (χ3v) is 4.80. The van der Waals surface area contributed by atoms with Gasteiger partial charge in [-0.2, -0.15) is 0 Å². The quantitative estimate of drug-likeness (QED) is 0.909. The molecule has 4 nitrogen and oxygen atoms in total. The lowest BCUT2D eigenvalue weighted by molar-refractivity contribution is 0.145. The summed E-state index contributed by atoms with van der Waals surface area (Å²) in [6.45, 7) is 6.62. The first-order chi connectivity index (χ1) is 10.6. The standard InChI is InChI=1S/C18H26N2O2.ClH/c1-18(2)13-20(16-9-4-3-8-15(16)18)17(21)22-12-10-14-7-5-6-11-19-14;/h3-4,8-9,14,19H,5-7,10-13H2,1-2H3;1H. The van der Waals surface area contributed by atoms with E-state index in [1.165, 1.54) is 24.8 Å². The first-order valence-corrected chi connectivity index (χ1v) is 8.35. The maximum atomic E-state index is 12.4. The topological polar surface area (TPSA) is 41.6 Å². The minimum Gasteiger partial charge on any atom is -0.449 e. The van der Waals surface area contributed by atoms with Crippen LogP contribution in [0.2, 0.25) is 0 Å². The number of fused-ring (bicyclic) bond motifs is 1. The van der Waals surface area contributed by atoms with Crippen LogP contribution in [0.3, 0.4) is 0 Å². The van der Waals surface area contributed by atoms with Crippen molar-refractivity contribution in [3.05, 3.63) is 29.8 Å². The summed E-state index contributed by atoms with van der Waals surface area (Å²) in [5.74, 6) is 0. The number of hydrogen-bond acceptors (Lipinski definition) is 3. The van der Waals surface area contributed by atoms with Crippen LogP contribution in [0.1, 0.15) is 45.1 Å². The fraction of sp³-hybridized carbons (Fsp3) is 0.611. The molecule has 0 spiro atoms. The molecule has 1 fully saturated rings. The zero-order valence-corrected chi connectivity index (χ0v) is 14.8. The number of para-hydroxylation sites is 1. The summed E-state index contributed by atoms with van der Waals surface area (Å²) < 4.78 is 5.53. The number of nitrogens with zero attached hydrogens (tertiary/aromatic N) is 1. The summed E-state index contributed by atoms with van der Waals surface area (Å²) in [7, 11) is 0. The molecule has 0 radical (unpaired) electrons. The van der Waals surface area contributed by atoms with E-state index in [4.69, 9.17) is 4.74 Å². The van der Waals surface area contributed by atoms with E-state index in [0.717, 1.165) is 18.7 Å². The van der Waals surface area contributed by atoms with E-state index in [-0.39, 0.29) is 23.9 Å². The van der Waals surface area contributed by atoms with Gasteiger partial charge in [0.15, 0.2) is 0 Å². The van der Waals surface area contributed by atoms with Crippen LogP contribution in [0, 0.1) is 0 Å². The fourth-order valence-corrected chi connectivity index (χ4v) is 3.55. The molecule has 0 aliphatic carbocycles. The second kappa shape index (κ2) is 7.54. The van der Waals surface area contributed by atoms with Gasteiger partial charge in [0.25, 0.3) is 0 Å². The Kier molecular flexibility index (Phi) is 5.93. The Morgan fingerprint density at radius 3 is 2.87 bits per heavy atom. The normalized spacial score (nSPS) is 22.2. The Labute approximate surface area is 145 Å². The highest BCUT2D eigenvalue weighted by Gasteiger charge is 2.38. The number of carbonyl (C=O) groups excluding carboxylic acids is 1. The first kappa shape index (κ1) is 18.1. The average molecular weight is 339 g/mol. The fourth-order valence-electron chi connectivity index (χ4n) is 3.55. The Bertz CT molecular complexity index is 542. The summed E-state index contributed by atoms with van der Waals surface area (Å²) >= 11 is 0. The number of amides is 1. The molecule has 1 atom stereocenters. The van der Waals surface area contributed by atoms with Gasteiger partial charge in [0.2, 0.25) is 0 Å². The van der Waals surface area contributed by atoms with E-state index >= 15 is 0 Å². The van der Waals surface area contributed by atoms with Crippen LogP contribution in [-0.4, -0.2) is 31.8 Å². The van der Waals surface area contributed by atoms with Crippen molar-refractivity contribution < 1.29 is 9.53 Å². The minimum atomic E-state index is -0.214. The highest BCUT2D eigenvalue weighted by Crippen LogP contribution is 2.40. The Balaban J connectivity index is 0.00000192. The molecule has 2 aliphatic rings. The Hall–Kier alpha value is -1.26. The van der Waals surface area contributed by atoms with Gasteiger partial charge in [0.1, 0.15) is 0 Å². The molecule has 1 N–H and O–H groups in total. The molecule has 2 heterocycles. The molecule has 1 saturated heterocycles. The van der Waals surface area contributed by atoms with Crippen molar-refractivity contribution >= 4 is 24.2 Å². The van der Waals surface area contributed by atoms with Crippen LogP contribution >= 0.6 is 12.4 Å². The predicted octanol–water partition coefficient (Wildman–Crippen LogP) is 3.87. The van der Waals surface area contributed by atoms with Crippen molar-refractivity contribution in [2.45, 2.75) is 51.0 Å². The molecule has 1 aromatic carbocycles. The monoisotopic (exact) mass is 338 g/mol. The zero-order chi connectivity index (χ0) is 15.6. The third kappa shape index (κ3) is 3.99. The zero-order valence-electron chi connectivity index (χ0n) is 14.0. The number of halogens is 1. The number of hydrogen-bond donors (Lipinski definition) is 1. The minimum absolute atomic E-state index is 0. The lowest BCUT2D eigenvalue weighted by atomic mass is 9.87. The van der Waals surface area contributed by atoms with Gasteiger partial charge in [0, 0.05) is 18.0 Å². The average Bonchev–Trinajstić information content (AvgIpc) is 2.81. The van der Waals surface area contributed by atoms with Crippen molar-refractivity contribution in [1.29, 1.82) is 0 Å². The van der Waals surface area contributed by atoms with Gasteiger partial charge < -0.3 is 10.1 Å². The molecular weight excluding hydrogens is 312 g/mol. The van der Waals surface area contributed by atoms with Crippen LogP contribution in [0.5, 0.6) is 0 Å². The lowest BCUT2D eigenvalue weighted by Crippen LogP contribution is -2.37. The van der Waals surface area contributed by atoms with Crippen LogP contribution in [-0.2, 0) is 10.2 Å². The van der Waals surface area contributed by atoms with Gasteiger partial charge >= 0.3 is 6.09 Å². The van der Waals surface area contributed by atoms with Gasteiger partial charge in [-0.15, -0.1) is 12.4 Å². The van der Waals surface area contributed by atoms with E-state index in [1.54, 1.807) is 4.90 Å². The molecule has 1 amide bonds. The maximum Gasteiger partial charge on any atom is 0.414 e. The maximum absolute atomic E-state index is 12.4. The SMILES string of the molecule is CC1(C)CN(C(=O)OCCC2CCCCN2)c2ccccc21.Cl. The number of carbonyl (C=O) groups is 1. The summed E-state index contributed by atoms with van der Waals surface area (Å²) in [5, 5.41) is 3.49. The Morgan fingerprint density at radius 2 is 2.13 bits per heavy atom. The van der Waals surface area contributed by atoms with Crippen molar-refractivity contribution in [2.24, 2.45) is 0 Å². The highest BCUT2D eigenvalue weighted by molar-refractivity contribution is 5.91. The molecule has 1 aromatic rings. The number of piperidine rings is 1. The molecule has 2 aliphatic heterocycles. The summed E-state index contributed by atoms with van der Waals surface area (Å²) in [4.78, 5) is 14.2. The van der Waals surface area contributed by atoms with Gasteiger partial charge in [-0.1, -0.05) is 38.5 Å². The number of nitrogens with one attached hydrogen (secondary N) is 1. The number of ether oxygens (including phenoxy) is 1. The second-order valence-electron chi connectivity index (χ2n) is 7.04. The van der Waals surface area contributed by atoms with Crippen molar-refractivity contribution in [1.82, 2.24) is 5.32 Å². The molecule has 0 aromatic heterocycles. The van der Waals surface area contributed by atoms with Crippen molar-refractivity contribution in [3.63, 3.8) is 0 Å². The van der Waals surface area contributed by atoms with E-state index in [1.807, 2.05) is 18.2 Å². The molecule has 0 saturated carbocycles. The second-order valence-corrected chi connectivity index (χ2v) is 7.04. The Morgan fingerprint density at radius 1 is 1.35 bits per heavy atom. The first-order valence-electron chi connectivity index (χ1n) is 8.35. The number of benzene rings is 1. The van der Waals surface area contributed by atoms with Gasteiger partial charge in [0.05, 0.1) is 12.3 Å². The van der Waals surface area contributed by atoms with E-state index in [2.05, 4.69) is 25.2 Å². The summed E-state index contributed by atoms with van der Waals surface area (Å²) in [6, 6.07) is 8.63. The predicted molar refractivity (Wildman–Crippen MR) is 95.7 cm³/mol. The number of rotatable bonds is 3. The van der Waals surface area contributed by atoms with Gasteiger partial charge in [-0.3, -0.25) is 4.90 Å². The summed E-state index contributed by atoms with van der Waals surface area (Å²) in [6.07, 6.45) is 4.42. The van der Waals surface area contributed by atoms with Crippen LogP contribution in [0.15, 0.2) is 24.3 Å². The molecule has 23 heavy (non-hydrogen) atoms. The third-order valence-electron chi connectivity index (χ3n) is 4.80. The molecule has 5 heteroatoms. The largest absolute Gasteiger partial charge is 0.449 e.